The summed E-state index contributed by atoms with van der Waals surface area (Å²) in [7, 11) is 6.86. The summed E-state index contributed by atoms with van der Waals surface area (Å²) in [4.78, 5) is 4.34. The molecule has 2 atom stereocenters. The van der Waals surface area contributed by atoms with Crippen molar-refractivity contribution in [3.05, 3.63) is 23.8 Å². The number of benzene rings is 1. The van der Waals surface area contributed by atoms with Crippen molar-refractivity contribution in [2.45, 2.75) is 45.4 Å². The van der Waals surface area contributed by atoms with Crippen LogP contribution in [-0.4, -0.2) is 46.0 Å². The summed E-state index contributed by atoms with van der Waals surface area (Å²) in [6, 6.07) is 6.11. The third-order valence-corrected chi connectivity index (χ3v) is 5.75. The fourth-order valence-electron chi connectivity index (χ4n) is 3.26. The van der Waals surface area contributed by atoms with E-state index < -0.39 is 0 Å². The van der Waals surface area contributed by atoms with E-state index in [0.29, 0.717) is 12.6 Å². The fourth-order valence-corrected chi connectivity index (χ4v) is 3.26. The molecule has 1 aromatic carbocycles. The van der Waals surface area contributed by atoms with E-state index in [1.807, 2.05) is 18.2 Å². The molecule has 6 heteroatoms. The molecule has 1 fully saturated rings. The second-order valence-electron chi connectivity index (χ2n) is 7.16. The maximum Gasteiger partial charge on any atom is 0.191 e. The van der Waals surface area contributed by atoms with Crippen molar-refractivity contribution in [3.8, 4) is 11.5 Å². The van der Waals surface area contributed by atoms with Gasteiger partial charge in [0, 0.05) is 43.8 Å². The summed E-state index contributed by atoms with van der Waals surface area (Å²) in [5.41, 5.74) is 0.959. The zero-order valence-electron chi connectivity index (χ0n) is 16.4. The molecule has 0 aliphatic heterocycles. The highest BCUT2D eigenvalue weighted by atomic mass is 16.5. The van der Waals surface area contributed by atoms with Gasteiger partial charge >= 0.3 is 0 Å². The van der Waals surface area contributed by atoms with Gasteiger partial charge in [-0.1, -0.05) is 13.8 Å². The minimum atomic E-state index is -0.108. The molecule has 1 saturated carbocycles. The van der Waals surface area contributed by atoms with Crippen LogP contribution >= 0.6 is 0 Å². The van der Waals surface area contributed by atoms with Crippen LogP contribution in [0.4, 0.5) is 0 Å². The van der Waals surface area contributed by atoms with Crippen LogP contribution in [0.15, 0.2) is 23.2 Å². The van der Waals surface area contributed by atoms with Crippen LogP contribution in [0.25, 0.3) is 0 Å². The lowest BCUT2D eigenvalue weighted by molar-refractivity contribution is -0.176. The highest BCUT2D eigenvalue weighted by molar-refractivity contribution is 5.80. The third kappa shape index (κ3) is 3.68. The number of hydrogen-bond donors (Lipinski definition) is 2. The van der Waals surface area contributed by atoms with E-state index >= 15 is 0 Å². The van der Waals surface area contributed by atoms with Crippen LogP contribution in [0.5, 0.6) is 11.5 Å². The molecule has 0 radical (unpaired) electrons. The van der Waals surface area contributed by atoms with E-state index in [1.165, 1.54) is 0 Å². The Labute approximate surface area is 151 Å². The van der Waals surface area contributed by atoms with Gasteiger partial charge in [-0.3, -0.25) is 4.99 Å². The molecular formula is C19H31N3O3. The predicted molar refractivity (Wildman–Crippen MR) is 100 cm³/mol. The van der Waals surface area contributed by atoms with Crippen LogP contribution in [0, 0.1) is 5.41 Å². The molecule has 25 heavy (non-hydrogen) atoms. The second-order valence-corrected chi connectivity index (χ2v) is 7.16. The minimum absolute atomic E-state index is 0.0250. The first-order valence-corrected chi connectivity index (χ1v) is 8.54. The molecule has 6 nitrogen and oxygen atoms in total. The maximum atomic E-state index is 5.69. The van der Waals surface area contributed by atoms with E-state index in [2.05, 4.69) is 36.4 Å². The minimum Gasteiger partial charge on any atom is -0.497 e. The molecule has 1 aliphatic carbocycles. The molecule has 140 valence electrons. The SMILES string of the molecule is CN=C(NCc1ccc(OC)cc1OC)NC1CC(C)(OC)C1(C)C. The Morgan fingerprint density at radius 3 is 2.44 bits per heavy atom. The number of rotatable bonds is 6. The fraction of sp³-hybridized carbons (Fsp3) is 0.632. The number of methoxy groups -OCH3 is 3. The number of guanidine groups is 1. The first-order chi connectivity index (χ1) is 11.8. The molecular weight excluding hydrogens is 318 g/mol. The van der Waals surface area contributed by atoms with Gasteiger partial charge in [0.15, 0.2) is 5.96 Å². The Morgan fingerprint density at radius 2 is 1.92 bits per heavy atom. The van der Waals surface area contributed by atoms with Gasteiger partial charge in [-0.15, -0.1) is 0 Å². The summed E-state index contributed by atoms with van der Waals surface area (Å²) >= 11 is 0. The Bertz CT molecular complexity index is 630. The van der Waals surface area contributed by atoms with Crippen molar-refractivity contribution >= 4 is 5.96 Å². The monoisotopic (exact) mass is 349 g/mol. The van der Waals surface area contributed by atoms with E-state index in [0.717, 1.165) is 29.4 Å². The van der Waals surface area contributed by atoms with E-state index in [-0.39, 0.29) is 11.0 Å². The Kier molecular flexibility index (Phi) is 5.83. The van der Waals surface area contributed by atoms with Gasteiger partial charge in [0.2, 0.25) is 0 Å². The highest BCUT2D eigenvalue weighted by Crippen LogP contribution is 2.51. The van der Waals surface area contributed by atoms with Crippen LogP contribution in [0.3, 0.4) is 0 Å². The lowest BCUT2D eigenvalue weighted by Gasteiger charge is -2.59. The average Bonchev–Trinajstić information content (AvgIpc) is 2.63. The Morgan fingerprint density at radius 1 is 1.20 bits per heavy atom. The largest absolute Gasteiger partial charge is 0.497 e. The van der Waals surface area contributed by atoms with Gasteiger partial charge in [-0.25, -0.2) is 0 Å². The predicted octanol–water partition coefficient (Wildman–Crippen LogP) is 2.57. The van der Waals surface area contributed by atoms with Crippen molar-refractivity contribution in [1.82, 2.24) is 10.6 Å². The van der Waals surface area contributed by atoms with Gasteiger partial charge in [-0.2, -0.15) is 0 Å². The second kappa shape index (κ2) is 7.52. The van der Waals surface area contributed by atoms with Gasteiger partial charge in [0.05, 0.1) is 19.8 Å². The molecule has 2 N–H and O–H groups in total. The summed E-state index contributed by atoms with van der Waals surface area (Å²) < 4.78 is 16.4. The quantitative estimate of drug-likeness (QED) is 0.610. The number of hydrogen-bond acceptors (Lipinski definition) is 4. The van der Waals surface area contributed by atoms with Gasteiger partial charge in [0.25, 0.3) is 0 Å². The molecule has 2 unspecified atom stereocenters. The highest BCUT2D eigenvalue weighted by Gasteiger charge is 2.58. The molecule has 0 bridgehead atoms. The van der Waals surface area contributed by atoms with Crippen LogP contribution in [0.1, 0.15) is 32.8 Å². The van der Waals surface area contributed by atoms with Crippen molar-refractivity contribution in [2.75, 3.05) is 28.4 Å². The molecule has 0 amide bonds. The summed E-state index contributed by atoms with van der Waals surface area (Å²) in [6.45, 7) is 7.21. The number of ether oxygens (including phenoxy) is 3. The number of nitrogens with one attached hydrogen (secondary N) is 2. The standard InChI is InChI=1S/C19H31N3O3/c1-18(2)16(11-19(18,3)25-7)22-17(20-4)21-12-13-8-9-14(23-5)10-15(13)24-6/h8-10,16H,11-12H2,1-7H3,(H2,20,21,22). The van der Waals surface area contributed by atoms with Crippen LogP contribution in [-0.2, 0) is 11.3 Å². The first kappa shape index (κ1) is 19.4. The van der Waals surface area contributed by atoms with Gasteiger partial charge in [-0.05, 0) is 25.5 Å². The van der Waals surface area contributed by atoms with Crippen LogP contribution in [0.2, 0.25) is 0 Å². The Balaban J connectivity index is 1.98. The smallest absolute Gasteiger partial charge is 0.191 e. The Hall–Kier alpha value is -1.95. The maximum absolute atomic E-state index is 5.69. The van der Waals surface area contributed by atoms with Crippen molar-refractivity contribution in [2.24, 2.45) is 10.4 Å². The van der Waals surface area contributed by atoms with E-state index in [1.54, 1.807) is 28.4 Å². The molecule has 0 heterocycles. The van der Waals surface area contributed by atoms with Crippen molar-refractivity contribution < 1.29 is 14.2 Å². The average molecular weight is 349 g/mol. The summed E-state index contributed by atoms with van der Waals surface area (Å²) in [6.07, 6.45) is 0.947. The number of aliphatic imine (C=N–C) groups is 1. The zero-order valence-corrected chi connectivity index (χ0v) is 16.4. The molecule has 0 spiro atoms. The molecule has 2 rings (SSSR count). The molecule has 1 aliphatic rings. The molecule has 0 saturated heterocycles. The van der Waals surface area contributed by atoms with E-state index in [4.69, 9.17) is 14.2 Å². The van der Waals surface area contributed by atoms with Crippen molar-refractivity contribution in [1.29, 1.82) is 0 Å². The van der Waals surface area contributed by atoms with Gasteiger partial charge < -0.3 is 24.8 Å². The molecule has 0 aromatic heterocycles. The number of nitrogens with zero attached hydrogens (tertiary/aromatic N) is 1. The first-order valence-electron chi connectivity index (χ1n) is 8.54. The topological polar surface area (TPSA) is 64.1 Å². The lowest BCUT2D eigenvalue weighted by atomic mass is 9.56. The summed E-state index contributed by atoms with van der Waals surface area (Å²) in [5.74, 6) is 2.34. The van der Waals surface area contributed by atoms with Gasteiger partial charge in [0.1, 0.15) is 11.5 Å². The zero-order chi connectivity index (χ0) is 18.7. The van der Waals surface area contributed by atoms with E-state index in [9.17, 15) is 0 Å². The van der Waals surface area contributed by atoms with Crippen LogP contribution < -0.4 is 20.1 Å². The van der Waals surface area contributed by atoms with Crippen molar-refractivity contribution in [3.63, 3.8) is 0 Å². The molecule has 1 aromatic rings. The normalized spacial score (nSPS) is 25.1. The lowest BCUT2D eigenvalue weighted by Crippen LogP contribution is -2.69. The third-order valence-electron chi connectivity index (χ3n) is 5.75. The summed E-state index contributed by atoms with van der Waals surface area (Å²) in [5, 5.41) is 6.86.